The van der Waals surface area contributed by atoms with Crippen LogP contribution >= 0.6 is 0 Å². The van der Waals surface area contributed by atoms with E-state index in [0.717, 1.165) is 31.4 Å². The lowest BCUT2D eigenvalue weighted by atomic mass is 10.1. The molecule has 1 aromatic carbocycles. The van der Waals surface area contributed by atoms with Gasteiger partial charge in [0.15, 0.2) is 5.52 Å². The van der Waals surface area contributed by atoms with Crippen LogP contribution in [0.25, 0.3) is 22.3 Å². The molecule has 0 bridgehead atoms. The molecule has 0 radical (unpaired) electrons. The molecule has 6 nitrogen and oxygen atoms in total. The Morgan fingerprint density at radius 1 is 1.08 bits per heavy atom. The Balaban J connectivity index is 1.66. The number of nitrogens with zero attached hydrogens (tertiary/aromatic N) is 3. The third-order valence-electron chi connectivity index (χ3n) is 4.35. The molecule has 1 aliphatic heterocycles. The van der Waals surface area contributed by atoms with Crippen molar-refractivity contribution < 1.29 is 13.9 Å². The topological polar surface area (TPSA) is 83.2 Å². The minimum Gasteiger partial charge on any atom is -0.473 e. The number of hydrogen-bond donors (Lipinski definition) is 1. The minimum atomic E-state index is -0.290. The molecule has 134 valence electrons. The lowest BCUT2D eigenvalue weighted by molar-refractivity contribution is -0.0116. The van der Waals surface area contributed by atoms with Crippen LogP contribution in [0.5, 0.6) is 5.88 Å². The van der Waals surface area contributed by atoms with Gasteiger partial charge >= 0.3 is 0 Å². The first-order valence-electron chi connectivity index (χ1n) is 8.64. The molecule has 1 aliphatic rings. The van der Waals surface area contributed by atoms with Crippen LogP contribution in [0.3, 0.4) is 0 Å². The van der Waals surface area contributed by atoms with Crippen molar-refractivity contribution in [3.05, 3.63) is 42.2 Å². The van der Waals surface area contributed by atoms with Gasteiger partial charge in [0.1, 0.15) is 12.4 Å². The summed E-state index contributed by atoms with van der Waals surface area (Å²) in [6.45, 7) is 1.15. The summed E-state index contributed by atoms with van der Waals surface area (Å²) in [5.41, 5.74) is 8.40. The number of aromatic nitrogens is 3. The van der Waals surface area contributed by atoms with Crippen molar-refractivity contribution in [2.24, 2.45) is 0 Å². The molecule has 1 fully saturated rings. The predicted molar refractivity (Wildman–Crippen MR) is 96.2 cm³/mol. The fourth-order valence-electron chi connectivity index (χ4n) is 3.00. The molecular weight excluding hydrogens is 335 g/mol. The van der Waals surface area contributed by atoms with Crippen LogP contribution in [-0.2, 0) is 4.74 Å². The van der Waals surface area contributed by atoms with Crippen molar-refractivity contribution in [3.63, 3.8) is 0 Å². The Morgan fingerprint density at radius 2 is 1.92 bits per heavy atom. The van der Waals surface area contributed by atoms with E-state index < -0.39 is 0 Å². The highest BCUT2D eigenvalue weighted by molar-refractivity contribution is 5.83. The number of fused-ring (bicyclic) bond motifs is 1. The van der Waals surface area contributed by atoms with Crippen molar-refractivity contribution in [1.29, 1.82) is 0 Å². The third-order valence-corrected chi connectivity index (χ3v) is 4.35. The monoisotopic (exact) mass is 354 g/mol. The molecule has 0 amide bonds. The summed E-state index contributed by atoms with van der Waals surface area (Å²) < 4.78 is 24.7. The Labute approximate surface area is 150 Å². The molecule has 1 unspecified atom stereocenters. The zero-order chi connectivity index (χ0) is 17.9. The first kappa shape index (κ1) is 16.7. The molecule has 2 aromatic heterocycles. The lowest BCUT2D eigenvalue weighted by Crippen LogP contribution is -2.26. The molecule has 26 heavy (non-hydrogen) atoms. The van der Waals surface area contributed by atoms with Gasteiger partial charge in [-0.15, -0.1) is 0 Å². The van der Waals surface area contributed by atoms with Crippen molar-refractivity contribution in [3.8, 4) is 17.1 Å². The van der Waals surface area contributed by atoms with Gasteiger partial charge in [-0.25, -0.2) is 14.4 Å². The van der Waals surface area contributed by atoms with E-state index in [4.69, 9.17) is 15.2 Å². The van der Waals surface area contributed by atoms with Crippen LogP contribution in [0.2, 0.25) is 0 Å². The van der Waals surface area contributed by atoms with Gasteiger partial charge in [0.2, 0.25) is 11.8 Å². The maximum absolute atomic E-state index is 13.2. The van der Waals surface area contributed by atoms with Crippen LogP contribution in [-0.4, -0.2) is 34.3 Å². The average molecular weight is 354 g/mol. The van der Waals surface area contributed by atoms with Gasteiger partial charge in [-0.3, -0.25) is 0 Å². The van der Waals surface area contributed by atoms with Gasteiger partial charge in [-0.05, 0) is 55.7 Å². The van der Waals surface area contributed by atoms with Crippen LogP contribution in [0.1, 0.15) is 19.3 Å². The molecule has 3 aromatic rings. The van der Waals surface area contributed by atoms with Crippen molar-refractivity contribution >= 4 is 17.0 Å². The summed E-state index contributed by atoms with van der Waals surface area (Å²) >= 11 is 0. The van der Waals surface area contributed by atoms with Gasteiger partial charge in [-0.2, -0.15) is 4.98 Å². The molecule has 1 atom stereocenters. The fourth-order valence-corrected chi connectivity index (χ4v) is 3.00. The second-order valence-corrected chi connectivity index (χ2v) is 6.26. The van der Waals surface area contributed by atoms with E-state index in [1.54, 1.807) is 12.1 Å². The summed E-state index contributed by atoms with van der Waals surface area (Å²) in [4.78, 5) is 13.0. The Kier molecular flexibility index (Phi) is 4.62. The molecule has 1 saturated heterocycles. The number of anilines is 1. The smallest absolute Gasteiger partial charge is 0.245 e. The number of nitrogens with two attached hydrogens (primary N) is 1. The highest BCUT2D eigenvalue weighted by Gasteiger charge is 2.17. The quantitative estimate of drug-likeness (QED) is 0.773. The molecule has 2 N–H and O–H groups in total. The Hall–Kier alpha value is -2.80. The first-order chi connectivity index (χ1) is 12.7. The van der Waals surface area contributed by atoms with Crippen LogP contribution in [0, 0.1) is 5.82 Å². The van der Waals surface area contributed by atoms with E-state index in [1.807, 2.05) is 12.1 Å². The average Bonchev–Trinajstić information content (AvgIpc) is 2.67. The van der Waals surface area contributed by atoms with Crippen LogP contribution in [0.15, 0.2) is 36.4 Å². The maximum atomic E-state index is 13.2. The molecule has 3 heterocycles. The molecule has 7 heteroatoms. The van der Waals surface area contributed by atoms with E-state index in [1.165, 1.54) is 12.1 Å². The summed E-state index contributed by atoms with van der Waals surface area (Å²) in [5.74, 6) is 0.182. The zero-order valence-electron chi connectivity index (χ0n) is 14.2. The van der Waals surface area contributed by atoms with Crippen LogP contribution < -0.4 is 10.5 Å². The number of hydrogen-bond acceptors (Lipinski definition) is 6. The van der Waals surface area contributed by atoms with E-state index in [-0.39, 0.29) is 17.9 Å². The van der Waals surface area contributed by atoms with Crippen molar-refractivity contribution in [1.82, 2.24) is 15.0 Å². The molecule has 0 spiro atoms. The molecule has 0 saturated carbocycles. The number of halogens is 1. The van der Waals surface area contributed by atoms with Gasteiger partial charge in [0.05, 0.1) is 17.3 Å². The van der Waals surface area contributed by atoms with Crippen molar-refractivity contribution in [2.75, 3.05) is 18.9 Å². The minimum absolute atomic E-state index is 0.0512. The molecule has 0 aliphatic carbocycles. The second kappa shape index (κ2) is 7.21. The summed E-state index contributed by atoms with van der Waals surface area (Å²) in [7, 11) is 0. The zero-order valence-corrected chi connectivity index (χ0v) is 14.2. The number of benzene rings is 1. The summed E-state index contributed by atoms with van der Waals surface area (Å²) in [5, 5.41) is 0. The van der Waals surface area contributed by atoms with E-state index in [2.05, 4.69) is 15.0 Å². The summed E-state index contributed by atoms with van der Waals surface area (Å²) in [6.07, 6.45) is 3.23. The van der Waals surface area contributed by atoms with Gasteiger partial charge < -0.3 is 15.2 Å². The Bertz CT molecular complexity index is 911. The third kappa shape index (κ3) is 3.57. The van der Waals surface area contributed by atoms with Gasteiger partial charge in [0, 0.05) is 12.2 Å². The number of nitrogen functional groups attached to an aromatic ring is 1. The standard InChI is InChI=1S/C19H19FN4O2/c20-13-6-4-12(5-7-13)15-8-9-16-17(22-15)18(24-19(21)23-16)26-11-14-3-1-2-10-25-14/h4-9,14H,1-3,10-11H2,(H2,21,23,24). The maximum Gasteiger partial charge on any atom is 0.245 e. The normalized spacial score (nSPS) is 17.3. The highest BCUT2D eigenvalue weighted by Crippen LogP contribution is 2.26. The Morgan fingerprint density at radius 3 is 2.69 bits per heavy atom. The van der Waals surface area contributed by atoms with E-state index in [9.17, 15) is 4.39 Å². The molecular formula is C19H19FN4O2. The van der Waals surface area contributed by atoms with Gasteiger partial charge in [-0.1, -0.05) is 0 Å². The van der Waals surface area contributed by atoms with E-state index >= 15 is 0 Å². The summed E-state index contributed by atoms with van der Waals surface area (Å²) in [6, 6.07) is 9.78. The number of ether oxygens (including phenoxy) is 2. The number of pyridine rings is 1. The second-order valence-electron chi connectivity index (χ2n) is 6.26. The van der Waals surface area contributed by atoms with E-state index in [0.29, 0.717) is 29.2 Å². The SMILES string of the molecule is Nc1nc(OCC2CCCCO2)c2nc(-c3ccc(F)cc3)ccc2n1. The van der Waals surface area contributed by atoms with Crippen molar-refractivity contribution in [2.45, 2.75) is 25.4 Å². The lowest BCUT2D eigenvalue weighted by Gasteiger charge is -2.22. The fraction of sp³-hybridized carbons (Fsp3) is 0.316. The molecule has 4 rings (SSSR count). The first-order valence-corrected chi connectivity index (χ1v) is 8.64. The highest BCUT2D eigenvalue weighted by atomic mass is 19.1. The van der Waals surface area contributed by atoms with Gasteiger partial charge in [0.25, 0.3) is 0 Å². The number of rotatable bonds is 4. The largest absolute Gasteiger partial charge is 0.473 e. The van der Waals surface area contributed by atoms with Crippen LogP contribution in [0.4, 0.5) is 10.3 Å². The predicted octanol–water partition coefficient (Wildman–Crippen LogP) is 3.36.